The summed E-state index contributed by atoms with van der Waals surface area (Å²) in [7, 11) is 0. The Hall–Kier alpha value is -1.23. The van der Waals surface area contributed by atoms with Gasteiger partial charge in [-0.05, 0) is 105 Å². The molecule has 0 unspecified atom stereocenters. The number of aliphatic hydroxyl groups is 3. The van der Waals surface area contributed by atoms with E-state index >= 15 is 0 Å². The van der Waals surface area contributed by atoms with Crippen LogP contribution in [0, 0.1) is 52.3 Å². The summed E-state index contributed by atoms with van der Waals surface area (Å²) in [6, 6.07) is 0. The molecule has 0 aromatic rings. The Labute approximate surface area is 281 Å². The lowest BCUT2D eigenvalue weighted by Gasteiger charge is -2.61. The Bertz CT molecular complexity index is 1200. The van der Waals surface area contributed by atoms with Crippen LogP contribution in [-0.2, 0) is 23.8 Å². The van der Waals surface area contributed by atoms with E-state index in [1.165, 1.54) is 18.1 Å². The van der Waals surface area contributed by atoms with Crippen LogP contribution in [0.3, 0.4) is 0 Å². The van der Waals surface area contributed by atoms with E-state index in [0.717, 1.165) is 44.9 Å². The lowest BCUT2D eigenvalue weighted by atomic mass is 9.45. The number of carbonyl (C=O) groups excluding carboxylic acids is 2. The van der Waals surface area contributed by atoms with E-state index in [0.29, 0.717) is 30.1 Å². The van der Waals surface area contributed by atoms with Gasteiger partial charge in [-0.1, -0.05) is 58.4 Å². The minimum atomic E-state index is -1.43. The fourth-order valence-electron chi connectivity index (χ4n) is 10.6. The van der Waals surface area contributed by atoms with Crippen molar-refractivity contribution in [2.24, 2.45) is 52.3 Å². The minimum Gasteiger partial charge on any atom is -0.460 e. The molecule has 0 bridgehead atoms. The first kappa shape index (κ1) is 36.1. The Morgan fingerprint density at radius 2 is 1.74 bits per heavy atom. The van der Waals surface area contributed by atoms with E-state index in [9.17, 15) is 24.9 Å². The monoisotopic (exact) mass is 662 g/mol. The Morgan fingerprint density at radius 3 is 2.37 bits per heavy atom. The molecule has 1 heterocycles. The van der Waals surface area contributed by atoms with Crippen molar-refractivity contribution in [3.05, 3.63) is 23.8 Å². The van der Waals surface area contributed by atoms with Gasteiger partial charge in [0, 0.05) is 12.8 Å². The SMILES string of the molecule is C=C(CC[C@@H](C(=O)S)[C@H]1CC[C@H]2C3=CC[C@H]4[C@H](C)[C@@H](O[C@@H]5O[C@@H](C)[C@H](O)[C@@H](O)[C@@H]5O)[C@H](OC(C)=O)C[C@]4(C)[C@H]3CC[C@]12C)C(C)C. The summed E-state index contributed by atoms with van der Waals surface area (Å²) in [5.74, 6) is 1.22. The molecule has 9 heteroatoms. The van der Waals surface area contributed by atoms with Crippen LogP contribution in [0.15, 0.2) is 23.8 Å². The fourth-order valence-corrected chi connectivity index (χ4v) is 11.0. The van der Waals surface area contributed by atoms with Gasteiger partial charge in [-0.25, -0.2) is 0 Å². The third-order valence-corrected chi connectivity index (χ3v) is 13.7. The quantitative estimate of drug-likeness (QED) is 0.142. The third-order valence-electron chi connectivity index (χ3n) is 13.4. The maximum atomic E-state index is 13.0. The second-order valence-corrected chi connectivity index (χ2v) is 16.6. The number of hydrogen-bond acceptors (Lipinski definition) is 8. The van der Waals surface area contributed by atoms with E-state index in [1.54, 1.807) is 6.92 Å². The molecule has 0 aromatic carbocycles. The van der Waals surface area contributed by atoms with Gasteiger partial charge in [0.1, 0.15) is 30.5 Å². The molecule has 260 valence electrons. The van der Waals surface area contributed by atoms with Gasteiger partial charge in [-0.3, -0.25) is 9.59 Å². The average Bonchev–Trinajstić information content (AvgIpc) is 3.32. The lowest BCUT2D eigenvalue weighted by Crippen LogP contribution is -2.62. The fraction of sp³-hybridized carbons (Fsp3) is 0.838. The first-order chi connectivity index (χ1) is 21.5. The standard InChI is InChI=1S/C37H58O8S/c1-18(2)19(3)9-10-24(34(42)46)27-14-13-26-23-11-12-25-20(4)33(45-35-32(41)31(40)30(39)21(5)43-35)29(44-22(6)38)17-37(25,8)28(23)15-16-36(26,27)7/h11,18,20-21,24-33,35,39-41H,3,9-10,12-17H2,1-2,4-8H3,(H,42,46)/t20-,21-,24+,25-,26-,27+,28-,29+,30-,31+,32-,33+,35-,36-,37-/m0/s1. The molecule has 4 aliphatic carbocycles. The molecule has 0 amide bonds. The summed E-state index contributed by atoms with van der Waals surface area (Å²) < 4.78 is 18.2. The second-order valence-electron chi connectivity index (χ2n) is 16.2. The van der Waals surface area contributed by atoms with Crippen LogP contribution in [0.5, 0.6) is 0 Å². The van der Waals surface area contributed by atoms with Crippen LogP contribution >= 0.6 is 12.6 Å². The molecule has 8 nitrogen and oxygen atoms in total. The normalized spacial score (nSPS) is 46.0. The van der Waals surface area contributed by atoms with Crippen LogP contribution in [-0.4, -0.2) is 69.3 Å². The minimum absolute atomic E-state index is 0.00932. The van der Waals surface area contributed by atoms with Gasteiger partial charge in [0.2, 0.25) is 0 Å². The van der Waals surface area contributed by atoms with Gasteiger partial charge >= 0.3 is 5.97 Å². The summed E-state index contributed by atoms with van der Waals surface area (Å²) >= 11 is 4.42. The number of rotatable bonds is 9. The van der Waals surface area contributed by atoms with Crippen molar-refractivity contribution < 1.29 is 39.1 Å². The molecule has 0 spiro atoms. The van der Waals surface area contributed by atoms with Crippen LogP contribution in [0.2, 0.25) is 0 Å². The van der Waals surface area contributed by atoms with Gasteiger partial charge in [0.15, 0.2) is 11.4 Å². The number of fused-ring (bicyclic) bond motifs is 5. The van der Waals surface area contributed by atoms with E-state index in [1.807, 2.05) is 0 Å². The van der Waals surface area contributed by atoms with Crippen molar-refractivity contribution in [2.45, 2.75) is 143 Å². The Kier molecular flexibility index (Phi) is 10.6. The first-order valence-electron chi connectivity index (χ1n) is 17.6. The molecule has 3 saturated carbocycles. The molecular formula is C37H58O8S. The predicted molar refractivity (Wildman–Crippen MR) is 179 cm³/mol. The van der Waals surface area contributed by atoms with E-state index in [4.69, 9.17) is 14.2 Å². The highest BCUT2D eigenvalue weighted by atomic mass is 32.1. The number of carbonyl (C=O) groups is 2. The maximum absolute atomic E-state index is 13.0. The van der Waals surface area contributed by atoms with Gasteiger partial charge < -0.3 is 29.5 Å². The summed E-state index contributed by atoms with van der Waals surface area (Å²) in [6.45, 7) is 18.5. The number of thiol groups is 1. The van der Waals surface area contributed by atoms with Gasteiger partial charge in [-0.15, -0.1) is 12.6 Å². The van der Waals surface area contributed by atoms with Crippen molar-refractivity contribution in [3.63, 3.8) is 0 Å². The molecule has 4 fully saturated rings. The van der Waals surface area contributed by atoms with Gasteiger partial charge in [-0.2, -0.15) is 0 Å². The zero-order chi connectivity index (χ0) is 33.9. The van der Waals surface area contributed by atoms with Crippen molar-refractivity contribution >= 4 is 23.7 Å². The molecule has 5 rings (SSSR count). The summed E-state index contributed by atoms with van der Waals surface area (Å²) in [5.41, 5.74) is 2.62. The van der Waals surface area contributed by atoms with Gasteiger partial charge in [0.25, 0.3) is 0 Å². The topological polar surface area (TPSA) is 123 Å². The highest BCUT2D eigenvalue weighted by Gasteiger charge is 2.62. The zero-order valence-corrected chi connectivity index (χ0v) is 29.7. The van der Waals surface area contributed by atoms with Crippen LogP contribution in [0.1, 0.15) is 99.8 Å². The highest BCUT2D eigenvalue weighted by Crippen LogP contribution is 2.68. The molecule has 46 heavy (non-hydrogen) atoms. The molecule has 1 aliphatic heterocycles. The van der Waals surface area contributed by atoms with Crippen molar-refractivity contribution in [2.75, 3.05) is 0 Å². The largest absolute Gasteiger partial charge is 0.460 e. The van der Waals surface area contributed by atoms with E-state index < -0.39 is 42.9 Å². The predicted octanol–water partition coefficient (Wildman–Crippen LogP) is 5.63. The maximum Gasteiger partial charge on any atom is 0.302 e. The smallest absolute Gasteiger partial charge is 0.302 e. The molecule has 15 atom stereocenters. The molecule has 3 N–H and O–H groups in total. The number of allylic oxidation sites excluding steroid dienone is 3. The highest BCUT2D eigenvalue weighted by molar-refractivity contribution is 7.96. The van der Waals surface area contributed by atoms with Gasteiger partial charge in [0.05, 0.1) is 6.10 Å². The summed E-state index contributed by atoms with van der Waals surface area (Å²) in [5, 5.41) is 31.4. The molecule has 1 saturated heterocycles. The third kappa shape index (κ3) is 6.31. The van der Waals surface area contributed by atoms with Crippen LogP contribution < -0.4 is 0 Å². The van der Waals surface area contributed by atoms with Crippen molar-refractivity contribution in [3.8, 4) is 0 Å². The Balaban J connectivity index is 1.39. The summed E-state index contributed by atoms with van der Waals surface area (Å²) in [4.78, 5) is 25.4. The number of ether oxygens (including phenoxy) is 3. The summed E-state index contributed by atoms with van der Waals surface area (Å²) in [6.07, 6.45) is 2.81. The van der Waals surface area contributed by atoms with E-state index in [2.05, 4.69) is 59.9 Å². The molecule has 0 aromatic heterocycles. The van der Waals surface area contributed by atoms with Crippen molar-refractivity contribution in [1.29, 1.82) is 0 Å². The zero-order valence-electron chi connectivity index (χ0n) is 28.9. The first-order valence-corrected chi connectivity index (χ1v) is 18.1. The average molecular weight is 663 g/mol. The number of aliphatic hydroxyl groups excluding tert-OH is 3. The van der Waals surface area contributed by atoms with Crippen LogP contribution in [0.25, 0.3) is 0 Å². The number of hydrogen-bond donors (Lipinski definition) is 4. The second kappa shape index (κ2) is 13.6. The Morgan fingerprint density at radius 1 is 1.07 bits per heavy atom. The lowest BCUT2D eigenvalue weighted by molar-refractivity contribution is -0.323. The van der Waals surface area contributed by atoms with E-state index in [-0.39, 0.29) is 39.7 Å². The molecule has 5 aliphatic rings. The molecular weight excluding hydrogens is 604 g/mol. The van der Waals surface area contributed by atoms with Crippen LogP contribution in [0.4, 0.5) is 0 Å². The number of esters is 1. The molecule has 0 radical (unpaired) electrons. The van der Waals surface area contributed by atoms with Crippen molar-refractivity contribution in [1.82, 2.24) is 0 Å².